The van der Waals surface area contributed by atoms with Crippen LogP contribution in [0.15, 0.2) is 22.8 Å². The second-order valence-electron chi connectivity index (χ2n) is 7.59. The summed E-state index contributed by atoms with van der Waals surface area (Å²) < 4.78 is 11.2. The molecule has 3 rings (SSSR count). The van der Waals surface area contributed by atoms with Crippen LogP contribution in [-0.4, -0.2) is 74.2 Å². The minimum absolute atomic E-state index is 0.136. The molecule has 2 atom stereocenters. The lowest BCUT2D eigenvalue weighted by Gasteiger charge is -2.35. The number of furan rings is 1. The molecule has 1 aromatic rings. The van der Waals surface area contributed by atoms with E-state index in [1.54, 1.807) is 12.1 Å². The van der Waals surface area contributed by atoms with Crippen molar-refractivity contribution in [3.05, 3.63) is 24.2 Å². The number of carbonyl (C=O) groups is 1. The van der Waals surface area contributed by atoms with E-state index in [1.165, 1.54) is 31.9 Å². The van der Waals surface area contributed by atoms with Gasteiger partial charge >= 0.3 is 0 Å². The van der Waals surface area contributed by atoms with Crippen LogP contribution in [0, 0.1) is 5.92 Å². The standard InChI is InChI=1S/C20H33N3O3/c1-17-5-2-3-6-18(17)26-16-14-23-12-10-22(11-13-23)9-8-21-20(24)19-7-4-15-25-19/h4,7,15,17-18H,2-3,5-6,8-14,16H2,1H3,(H,21,24)/t17-,18+/m1/s1. The summed E-state index contributed by atoms with van der Waals surface area (Å²) in [4.78, 5) is 16.7. The van der Waals surface area contributed by atoms with Crippen LogP contribution in [0.25, 0.3) is 0 Å². The summed E-state index contributed by atoms with van der Waals surface area (Å²) in [5, 5.41) is 2.91. The van der Waals surface area contributed by atoms with E-state index in [1.807, 2.05) is 0 Å². The number of ether oxygens (including phenoxy) is 1. The number of rotatable bonds is 8. The van der Waals surface area contributed by atoms with Crippen LogP contribution in [-0.2, 0) is 4.74 Å². The monoisotopic (exact) mass is 363 g/mol. The number of amides is 1. The first kappa shape index (κ1) is 19.4. The summed E-state index contributed by atoms with van der Waals surface area (Å²) in [5.74, 6) is 0.960. The highest BCUT2D eigenvalue weighted by atomic mass is 16.5. The largest absolute Gasteiger partial charge is 0.459 e. The molecule has 0 radical (unpaired) electrons. The van der Waals surface area contributed by atoms with Crippen LogP contribution < -0.4 is 5.32 Å². The predicted octanol–water partition coefficient (Wildman–Crippen LogP) is 2.22. The predicted molar refractivity (Wildman–Crippen MR) is 101 cm³/mol. The second kappa shape index (κ2) is 10.1. The zero-order chi connectivity index (χ0) is 18.2. The Morgan fingerprint density at radius 3 is 2.62 bits per heavy atom. The van der Waals surface area contributed by atoms with Gasteiger partial charge in [0.1, 0.15) is 0 Å². The van der Waals surface area contributed by atoms with Crippen molar-refractivity contribution in [2.75, 3.05) is 52.4 Å². The van der Waals surface area contributed by atoms with Gasteiger partial charge in [0.25, 0.3) is 5.91 Å². The second-order valence-corrected chi connectivity index (χ2v) is 7.59. The molecule has 1 N–H and O–H groups in total. The van der Waals surface area contributed by atoms with Crippen molar-refractivity contribution >= 4 is 5.91 Å². The zero-order valence-electron chi connectivity index (χ0n) is 16.0. The third-order valence-electron chi connectivity index (χ3n) is 5.70. The van der Waals surface area contributed by atoms with Gasteiger partial charge in [-0.25, -0.2) is 0 Å². The molecule has 1 amide bonds. The number of nitrogens with one attached hydrogen (secondary N) is 1. The molecule has 1 saturated heterocycles. The maximum Gasteiger partial charge on any atom is 0.287 e. The number of carbonyl (C=O) groups excluding carboxylic acids is 1. The average molecular weight is 364 g/mol. The van der Waals surface area contributed by atoms with Gasteiger partial charge in [0.2, 0.25) is 0 Å². The van der Waals surface area contributed by atoms with Gasteiger partial charge in [-0.15, -0.1) is 0 Å². The van der Waals surface area contributed by atoms with Crippen molar-refractivity contribution in [3.8, 4) is 0 Å². The molecule has 1 aromatic heterocycles. The normalized spacial score (nSPS) is 25.3. The number of piperazine rings is 1. The van der Waals surface area contributed by atoms with Crippen LogP contribution in [0.2, 0.25) is 0 Å². The van der Waals surface area contributed by atoms with Gasteiger partial charge in [-0.3, -0.25) is 14.6 Å². The summed E-state index contributed by atoms with van der Waals surface area (Å²) in [7, 11) is 0. The molecule has 0 bridgehead atoms. The van der Waals surface area contributed by atoms with Crippen molar-refractivity contribution in [1.82, 2.24) is 15.1 Å². The highest BCUT2D eigenvalue weighted by Crippen LogP contribution is 2.26. The van der Waals surface area contributed by atoms with E-state index in [4.69, 9.17) is 9.15 Å². The molecule has 1 saturated carbocycles. The van der Waals surface area contributed by atoms with Crippen molar-refractivity contribution in [1.29, 1.82) is 0 Å². The Kier molecular flexibility index (Phi) is 7.53. The van der Waals surface area contributed by atoms with Gasteiger partial charge in [-0.05, 0) is 30.9 Å². The lowest BCUT2D eigenvalue weighted by molar-refractivity contribution is -0.0179. The van der Waals surface area contributed by atoms with Gasteiger partial charge in [0.15, 0.2) is 5.76 Å². The van der Waals surface area contributed by atoms with Crippen LogP contribution >= 0.6 is 0 Å². The first-order valence-corrected chi connectivity index (χ1v) is 10.1. The number of hydrogen-bond donors (Lipinski definition) is 1. The molecular formula is C20H33N3O3. The molecule has 6 heteroatoms. The third kappa shape index (κ3) is 5.83. The average Bonchev–Trinajstić information content (AvgIpc) is 3.19. The van der Waals surface area contributed by atoms with Crippen molar-refractivity contribution in [2.45, 2.75) is 38.7 Å². The lowest BCUT2D eigenvalue weighted by atomic mass is 9.88. The Morgan fingerprint density at radius 1 is 1.19 bits per heavy atom. The molecule has 0 aromatic carbocycles. The topological polar surface area (TPSA) is 58.0 Å². The Hall–Kier alpha value is -1.37. The van der Waals surface area contributed by atoms with Gasteiger partial charge in [-0.1, -0.05) is 19.8 Å². The quantitative estimate of drug-likeness (QED) is 0.767. The van der Waals surface area contributed by atoms with Crippen molar-refractivity contribution in [3.63, 3.8) is 0 Å². The summed E-state index contributed by atoms with van der Waals surface area (Å²) in [5.41, 5.74) is 0. The molecule has 146 valence electrons. The molecule has 2 heterocycles. The lowest BCUT2D eigenvalue weighted by Crippen LogP contribution is -2.49. The van der Waals surface area contributed by atoms with Crippen LogP contribution in [0.3, 0.4) is 0 Å². The number of nitrogens with zero attached hydrogens (tertiary/aromatic N) is 2. The van der Waals surface area contributed by atoms with E-state index in [-0.39, 0.29) is 5.91 Å². The SMILES string of the molecule is C[C@@H]1CCCC[C@@H]1OCCN1CCN(CCNC(=O)c2ccco2)CC1. The summed E-state index contributed by atoms with van der Waals surface area (Å²) in [6.07, 6.45) is 7.24. The molecule has 2 aliphatic rings. The Balaban J connectivity index is 1.24. The Labute approximate surface area is 156 Å². The van der Waals surface area contributed by atoms with E-state index in [0.717, 1.165) is 51.8 Å². The first-order chi connectivity index (χ1) is 12.7. The maximum absolute atomic E-state index is 11.8. The fraction of sp³-hybridized carbons (Fsp3) is 0.750. The summed E-state index contributed by atoms with van der Waals surface area (Å²) in [6, 6.07) is 3.41. The molecule has 2 fully saturated rings. The van der Waals surface area contributed by atoms with E-state index in [0.29, 0.717) is 18.4 Å². The van der Waals surface area contributed by atoms with Crippen molar-refractivity contribution in [2.24, 2.45) is 5.92 Å². The summed E-state index contributed by atoms with van der Waals surface area (Å²) in [6.45, 7) is 10.0. The highest BCUT2D eigenvalue weighted by molar-refractivity contribution is 5.91. The van der Waals surface area contributed by atoms with Gasteiger partial charge in [0, 0.05) is 45.8 Å². The highest BCUT2D eigenvalue weighted by Gasteiger charge is 2.22. The maximum atomic E-state index is 11.8. The van der Waals surface area contributed by atoms with Gasteiger partial charge in [0.05, 0.1) is 19.0 Å². The van der Waals surface area contributed by atoms with E-state index >= 15 is 0 Å². The molecule has 0 spiro atoms. The molecule has 1 aliphatic heterocycles. The number of hydrogen-bond acceptors (Lipinski definition) is 5. The third-order valence-corrected chi connectivity index (χ3v) is 5.70. The van der Waals surface area contributed by atoms with Crippen LogP contribution in [0.5, 0.6) is 0 Å². The first-order valence-electron chi connectivity index (χ1n) is 10.1. The summed E-state index contributed by atoms with van der Waals surface area (Å²) >= 11 is 0. The van der Waals surface area contributed by atoms with Gasteiger partial charge < -0.3 is 14.5 Å². The zero-order valence-corrected chi connectivity index (χ0v) is 16.0. The molecule has 0 unspecified atom stereocenters. The van der Waals surface area contributed by atoms with Gasteiger partial charge in [-0.2, -0.15) is 0 Å². The fourth-order valence-corrected chi connectivity index (χ4v) is 3.92. The molecule has 26 heavy (non-hydrogen) atoms. The Bertz CT molecular complexity index is 526. The fourth-order valence-electron chi connectivity index (χ4n) is 3.92. The minimum atomic E-state index is -0.136. The van der Waals surface area contributed by atoms with E-state index < -0.39 is 0 Å². The van der Waals surface area contributed by atoms with Crippen LogP contribution in [0.1, 0.15) is 43.2 Å². The molecule has 1 aliphatic carbocycles. The smallest absolute Gasteiger partial charge is 0.287 e. The minimum Gasteiger partial charge on any atom is -0.459 e. The van der Waals surface area contributed by atoms with E-state index in [9.17, 15) is 4.79 Å². The Morgan fingerprint density at radius 2 is 1.92 bits per heavy atom. The molecular weight excluding hydrogens is 330 g/mol. The van der Waals surface area contributed by atoms with Crippen molar-refractivity contribution < 1.29 is 13.9 Å². The van der Waals surface area contributed by atoms with Crippen LogP contribution in [0.4, 0.5) is 0 Å². The van der Waals surface area contributed by atoms with E-state index in [2.05, 4.69) is 22.0 Å². The molecule has 6 nitrogen and oxygen atoms in total.